The lowest BCUT2D eigenvalue weighted by atomic mass is 10.1. The highest BCUT2D eigenvalue weighted by Gasteiger charge is 2.12. The number of non-ortho nitro benzene ring substituents is 1. The zero-order valence-electron chi connectivity index (χ0n) is 15.0. The molecule has 2 rings (SSSR count). The Hall–Kier alpha value is -2.36. The number of hydrogen-bond donors (Lipinski definition) is 1. The molecule has 7 nitrogen and oxygen atoms in total. The number of nitro benzene ring substituents is 1. The van der Waals surface area contributed by atoms with Gasteiger partial charge in [0.1, 0.15) is 5.75 Å². The molecule has 8 heteroatoms. The van der Waals surface area contributed by atoms with Crippen molar-refractivity contribution in [3.05, 3.63) is 69.8 Å². The summed E-state index contributed by atoms with van der Waals surface area (Å²) in [4.78, 5) is 17.0. The Morgan fingerprint density at radius 1 is 1.23 bits per heavy atom. The quantitative estimate of drug-likeness (QED) is 0.230. The Morgan fingerprint density at radius 2 is 1.92 bits per heavy atom. The molecule has 0 aliphatic carbocycles. The summed E-state index contributed by atoms with van der Waals surface area (Å²) in [5, 5.41) is 14.2. The fraction of sp³-hybridized carbons (Fsp3) is 0.278. The minimum absolute atomic E-state index is 0. The molecule has 26 heavy (non-hydrogen) atoms. The van der Waals surface area contributed by atoms with Crippen LogP contribution in [0.25, 0.3) is 0 Å². The van der Waals surface area contributed by atoms with E-state index in [1.54, 1.807) is 13.2 Å². The standard InChI is InChI=1S/C18H22N4O3.HI/c1-21(2)18(19-12-14-7-5-4-6-8-14)20-13-15-11-16(22(23)24)9-10-17(15)25-3;/h4-11H,12-13H2,1-3H3,(H,19,20);1H. The van der Waals surface area contributed by atoms with Gasteiger partial charge in [0.2, 0.25) is 0 Å². The number of rotatable bonds is 6. The maximum absolute atomic E-state index is 11.0. The molecule has 1 N–H and O–H groups in total. The number of nitro groups is 1. The molecule has 0 bridgehead atoms. The summed E-state index contributed by atoms with van der Waals surface area (Å²) in [5.74, 6) is 1.29. The Morgan fingerprint density at radius 3 is 2.50 bits per heavy atom. The van der Waals surface area contributed by atoms with Gasteiger partial charge in [-0.25, -0.2) is 4.99 Å². The van der Waals surface area contributed by atoms with Crippen molar-refractivity contribution in [3.8, 4) is 5.75 Å². The number of aliphatic imine (C=N–C) groups is 1. The monoisotopic (exact) mass is 470 g/mol. The third-order valence-electron chi connectivity index (χ3n) is 3.59. The van der Waals surface area contributed by atoms with Crippen LogP contribution in [0.1, 0.15) is 11.1 Å². The molecule has 2 aromatic carbocycles. The van der Waals surface area contributed by atoms with Crippen molar-refractivity contribution < 1.29 is 9.66 Å². The summed E-state index contributed by atoms with van der Waals surface area (Å²) in [7, 11) is 5.32. The van der Waals surface area contributed by atoms with E-state index in [0.29, 0.717) is 30.4 Å². The summed E-state index contributed by atoms with van der Waals surface area (Å²) in [6.07, 6.45) is 0. The Balaban J connectivity index is 0.00000338. The van der Waals surface area contributed by atoms with Gasteiger partial charge in [0.25, 0.3) is 5.69 Å². The Labute approximate surface area is 170 Å². The molecule has 0 aliphatic heterocycles. The van der Waals surface area contributed by atoms with Crippen LogP contribution in [0, 0.1) is 10.1 Å². The van der Waals surface area contributed by atoms with E-state index < -0.39 is 4.92 Å². The van der Waals surface area contributed by atoms with Crippen LogP contribution in [0.3, 0.4) is 0 Å². The minimum Gasteiger partial charge on any atom is -0.496 e. The molecule has 0 unspecified atom stereocenters. The van der Waals surface area contributed by atoms with Gasteiger partial charge in [-0.3, -0.25) is 10.1 Å². The molecule has 0 amide bonds. The molecule has 0 aromatic heterocycles. The van der Waals surface area contributed by atoms with Gasteiger partial charge in [-0.2, -0.15) is 0 Å². The maximum atomic E-state index is 11.0. The maximum Gasteiger partial charge on any atom is 0.270 e. The van der Waals surface area contributed by atoms with Crippen LogP contribution in [0.2, 0.25) is 0 Å². The molecular weight excluding hydrogens is 447 g/mol. The van der Waals surface area contributed by atoms with Crippen molar-refractivity contribution >= 4 is 35.6 Å². The van der Waals surface area contributed by atoms with Crippen LogP contribution < -0.4 is 10.1 Å². The average molecular weight is 470 g/mol. The fourth-order valence-corrected chi connectivity index (χ4v) is 2.30. The number of benzene rings is 2. The van der Waals surface area contributed by atoms with Crippen molar-refractivity contribution in [2.75, 3.05) is 21.2 Å². The van der Waals surface area contributed by atoms with Crippen molar-refractivity contribution in [1.29, 1.82) is 0 Å². The third-order valence-corrected chi connectivity index (χ3v) is 3.59. The molecule has 0 heterocycles. The normalized spacial score (nSPS) is 10.7. The first-order chi connectivity index (χ1) is 12.0. The van der Waals surface area contributed by atoms with Gasteiger partial charge in [-0.15, -0.1) is 24.0 Å². The third kappa shape index (κ3) is 6.17. The summed E-state index contributed by atoms with van der Waals surface area (Å²) < 4.78 is 5.29. The van der Waals surface area contributed by atoms with Crippen molar-refractivity contribution in [2.24, 2.45) is 4.99 Å². The molecule has 0 radical (unpaired) electrons. The van der Waals surface area contributed by atoms with Crippen LogP contribution in [0.4, 0.5) is 5.69 Å². The largest absolute Gasteiger partial charge is 0.496 e. The fourth-order valence-electron chi connectivity index (χ4n) is 2.30. The van der Waals surface area contributed by atoms with Gasteiger partial charge < -0.3 is 15.0 Å². The Bertz CT molecular complexity index is 751. The number of ether oxygens (including phenoxy) is 1. The lowest BCUT2D eigenvalue weighted by Crippen LogP contribution is -2.36. The van der Waals surface area contributed by atoms with Crippen LogP contribution in [0.15, 0.2) is 53.5 Å². The van der Waals surface area contributed by atoms with Crippen molar-refractivity contribution in [3.63, 3.8) is 0 Å². The van der Waals surface area contributed by atoms with Crippen LogP contribution >= 0.6 is 24.0 Å². The molecule has 2 aromatic rings. The van der Waals surface area contributed by atoms with Gasteiger partial charge >= 0.3 is 0 Å². The van der Waals surface area contributed by atoms with Gasteiger partial charge in [-0.05, 0) is 11.6 Å². The van der Waals surface area contributed by atoms with E-state index in [9.17, 15) is 10.1 Å². The number of methoxy groups -OCH3 is 1. The van der Waals surface area contributed by atoms with E-state index in [-0.39, 0.29) is 29.7 Å². The van der Waals surface area contributed by atoms with E-state index in [1.165, 1.54) is 12.1 Å². The van der Waals surface area contributed by atoms with Crippen molar-refractivity contribution in [2.45, 2.75) is 13.1 Å². The number of guanidine groups is 1. The lowest BCUT2D eigenvalue weighted by molar-refractivity contribution is -0.384. The van der Waals surface area contributed by atoms with Crippen LogP contribution in [0.5, 0.6) is 5.75 Å². The minimum atomic E-state index is -0.417. The zero-order chi connectivity index (χ0) is 18.2. The molecule has 0 spiro atoms. The second kappa shape index (κ2) is 10.6. The first-order valence-electron chi connectivity index (χ1n) is 7.82. The molecule has 0 saturated carbocycles. The first-order valence-corrected chi connectivity index (χ1v) is 7.82. The summed E-state index contributed by atoms with van der Waals surface area (Å²) in [6.45, 7) is 0.921. The second-order valence-electron chi connectivity index (χ2n) is 5.63. The molecule has 0 saturated heterocycles. The van der Waals surface area contributed by atoms with E-state index >= 15 is 0 Å². The van der Waals surface area contributed by atoms with Crippen LogP contribution in [-0.2, 0) is 13.1 Å². The highest BCUT2D eigenvalue weighted by Crippen LogP contribution is 2.23. The van der Waals surface area contributed by atoms with Gasteiger partial charge in [-0.1, -0.05) is 30.3 Å². The molecule has 0 aliphatic rings. The summed E-state index contributed by atoms with van der Waals surface area (Å²) in [6, 6.07) is 14.5. The molecule has 0 atom stereocenters. The first kappa shape index (κ1) is 21.7. The average Bonchev–Trinajstić information content (AvgIpc) is 2.62. The van der Waals surface area contributed by atoms with Crippen molar-refractivity contribution in [1.82, 2.24) is 10.2 Å². The van der Waals surface area contributed by atoms with E-state index in [4.69, 9.17) is 4.74 Å². The lowest BCUT2D eigenvalue weighted by Gasteiger charge is -2.18. The number of nitrogens with zero attached hydrogens (tertiary/aromatic N) is 3. The highest BCUT2D eigenvalue weighted by atomic mass is 127. The predicted molar refractivity (Wildman–Crippen MR) is 113 cm³/mol. The SMILES string of the molecule is COc1ccc([N+](=O)[O-])cc1CNC(=NCc1ccccc1)N(C)C.I. The van der Waals surface area contributed by atoms with Crippen LogP contribution in [-0.4, -0.2) is 37.0 Å². The van der Waals surface area contributed by atoms with Gasteiger partial charge in [0.15, 0.2) is 5.96 Å². The predicted octanol–water partition coefficient (Wildman–Crippen LogP) is 3.43. The second-order valence-corrected chi connectivity index (χ2v) is 5.63. The Kier molecular flexibility index (Phi) is 8.83. The number of nitrogens with one attached hydrogen (secondary N) is 1. The molecule has 0 fully saturated rings. The van der Waals surface area contributed by atoms with E-state index in [1.807, 2.05) is 49.3 Å². The molecule has 140 valence electrons. The molecular formula is C18H23IN4O3. The van der Waals surface area contributed by atoms with E-state index in [2.05, 4.69) is 10.3 Å². The topological polar surface area (TPSA) is 80.0 Å². The van der Waals surface area contributed by atoms with E-state index in [0.717, 1.165) is 5.56 Å². The number of hydrogen-bond acceptors (Lipinski definition) is 4. The smallest absolute Gasteiger partial charge is 0.270 e. The highest BCUT2D eigenvalue weighted by molar-refractivity contribution is 14.0. The summed E-state index contributed by atoms with van der Waals surface area (Å²) >= 11 is 0. The number of halogens is 1. The van der Waals surface area contributed by atoms with Gasteiger partial charge in [0, 0.05) is 38.3 Å². The zero-order valence-corrected chi connectivity index (χ0v) is 17.3. The van der Waals surface area contributed by atoms with Gasteiger partial charge in [0.05, 0.1) is 18.6 Å². The summed E-state index contributed by atoms with van der Waals surface area (Å²) in [5.41, 5.74) is 1.84.